The Labute approximate surface area is 310 Å². The van der Waals surface area contributed by atoms with Crippen LogP contribution in [0.4, 0.5) is 22.7 Å². The van der Waals surface area contributed by atoms with Crippen LogP contribution in [0.2, 0.25) is 0 Å². The van der Waals surface area contributed by atoms with Gasteiger partial charge in [0.25, 0.3) is 0 Å². The molecule has 1 aromatic heterocycles. The molecule has 0 bridgehead atoms. The number of hydrogen-bond acceptors (Lipinski definition) is 5. The summed E-state index contributed by atoms with van der Waals surface area (Å²) in [5.41, 5.74) is 15.2. The van der Waals surface area contributed by atoms with Crippen LogP contribution in [-0.4, -0.2) is 23.4 Å². The summed E-state index contributed by atoms with van der Waals surface area (Å²) in [4.78, 5) is 19.4. The number of hydrogen-bond donors (Lipinski definition) is 0. The molecule has 0 saturated carbocycles. The van der Waals surface area contributed by atoms with Gasteiger partial charge in [-0.2, -0.15) is 0 Å². The van der Waals surface area contributed by atoms with Gasteiger partial charge in [-0.25, -0.2) is 9.97 Å². The molecule has 0 saturated heterocycles. The lowest BCUT2D eigenvalue weighted by molar-refractivity contribution is 0.897. The number of rotatable bonds is 7. The summed E-state index contributed by atoms with van der Waals surface area (Å²) in [7, 11) is 0. The fourth-order valence-corrected chi connectivity index (χ4v) is 7.45. The number of benzene rings is 6. The molecule has 1 aliphatic heterocycles. The molecule has 9 rings (SSSR count). The molecule has 0 radical (unpaired) electrons. The van der Waals surface area contributed by atoms with E-state index in [9.17, 15) is 0 Å². The summed E-state index contributed by atoms with van der Waals surface area (Å²) in [6.07, 6.45) is 6.59. The van der Waals surface area contributed by atoms with Crippen molar-refractivity contribution in [3.05, 3.63) is 187 Å². The molecular formula is C48H37N5. The Kier molecular flexibility index (Phi) is 8.50. The Bertz CT molecular complexity index is 2440. The zero-order chi connectivity index (χ0) is 35.6. The number of para-hydroxylation sites is 3. The molecule has 0 amide bonds. The minimum Gasteiger partial charge on any atom is -0.323 e. The van der Waals surface area contributed by atoms with Crippen LogP contribution >= 0.6 is 0 Å². The van der Waals surface area contributed by atoms with Gasteiger partial charge in [-0.15, -0.1) is 0 Å². The first-order valence-corrected chi connectivity index (χ1v) is 18.0. The Hall–Kier alpha value is -6.85. The first-order valence-electron chi connectivity index (χ1n) is 18.0. The summed E-state index contributed by atoms with van der Waals surface area (Å²) in [6, 6.07) is 57.2. The van der Waals surface area contributed by atoms with Crippen molar-refractivity contribution in [2.75, 3.05) is 16.5 Å². The maximum absolute atomic E-state index is 5.07. The highest BCUT2D eigenvalue weighted by Gasteiger charge is 2.29. The highest BCUT2D eigenvalue weighted by Crippen LogP contribution is 2.45. The van der Waals surface area contributed by atoms with Gasteiger partial charge in [-0.3, -0.25) is 4.99 Å². The van der Waals surface area contributed by atoms with Gasteiger partial charge in [-0.1, -0.05) is 127 Å². The van der Waals surface area contributed by atoms with E-state index in [1.165, 1.54) is 22.5 Å². The fraction of sp³-hybridized carbons (Fsp3) is 0.0625. The molecule has 0 atom stereocenters. The SMILES string of the molecule is C=Nc1ccccc1N1CN(c2ccc(-c3cccc(-c4nc(-c5ccccc5)cc(-c5ccccc5)n4)c3)cc2)C2=C(CCC=C2)c2ccccc21. The van der Waals surface area contributed by atoms with Gasteiger partial charge in [0.05, 0.1) is 28.5 Å². The number of aliphatic imine (C=N–C) groups is 1. The maximum Gasteiger partial charge on any atom is 0.160 e. The molecule has 0 fully saturated rings. The Morgan fingerprint density at radius 3 is 1.87 bits per heavy atom. The molecule has 5 heteroatoms. The molecule has 2 heterocycles. The number of allylic oxidation sites excluding steroid dienone is 3. The van der Waals surface area contributed by atoms with E-state index in [2.05, 4.69) is 149 Å². The second-order valence-electron chi connectivity index (χ2n) is 13.3. The fourth-order valence-electron chi connectivity index (χ4n) is 7.45. The zero-order valence-electron chi connectivity index (χ0n) is 29.3. The van der Waals surface area contributed by atoms with Crippen molar-refractivity contribution in [3.8, 4) is 45.0 Å². The second kappa shape index (κ2) is 14.0. The van der Waals surface area contributed by atoms with Gasteiger partial charge in [0, 0.05) is 33.6 Å². The molecule has 0 N–H and O–H groups in total. The molecule has 1 aliphatic carbocycles. The van der Waals surface area contributed by atoms with Gasteiger partial charge in [-0.05, 0) is 84.8 Å². The standard InChI is InChI=1S/C48H37N5/c1-49-42-23-10-13-26-47(42)53-33-52(45-24-11-8-21-40(45)41-22-9-12-25-46(41)53)39-29-27-34(28-30-39)37-19-14-20-38(31-37)48-50-43(35-15-4-2-5-16-35)32-44(51-48)36-17-6-3-7-18-36/h2-7,9-20,22-32H,1,8,21,33H2. The molecule has 6 aromatic carbocycles. The third-order valence-corrected chi connectivity index (χ3v) is 10.1. The topological polar surface area (TPSA) is 44.6 Å². The van der Waals surface area contributed by atoms with Gasteiger partial charge in [0.2, 0.25) is 0 Å². The quantitative estimate of drug-likeness (QED) is 0.157. The lowest BCUT2D eigenvalue weighted by Gasteiger charge is -2.33. The molecule has 0 spiro atoms. The third-order valence-electron chi connectivity index (χ3n) is 10.1. The van der Waals surface area contributed by atoms with Crippen molar-refractivity contribution in [2.24, 2.45) is 4.99 Å². The van der Waals surface area contributed by atoms with E-state index < -0.39 is 0 Å². The first-order chi connectivity index (χ1) is 26.2. The van der Waals surface area contributed by atoms with Gasteiger partial charge in [0.1, 0.15) is 6.67 Å². The third kappa shape index (κ3) is 6.23. The van der Waals surface area contributed by atoms with Crippen LogP contribution in [0.1, 0.15) is 18.4 Å². The van der Waals surface area contributed by atoms with Crippen molar-refractivity contribution in [2.45, 2.75) is 12.8 Å². The van der Waals surface area contributed by atoms with E-state index in [-0.39, 0.29) is 0 Å². The first kappa shape index (κ1) is 32.1. The Morgan fingerprint density at radius 1 is 0.528 bits per heavy atom. The van der Waals surface area contributed by atoms with Crippen LogP contribution in [0.15, 0.2) is 187 Å². The van der Waals surface area contributed by atoms with Crippen molar-refractivity contribution in [1.29, 1.82) is 0 Å². The Morgan fingerprint density at radius 2 is 1.15 bits per heavy atom. The molecule has 0 unspecified atom stereocenters. The maximum atomic E-state index is 5.07. The van der Waals surface area contributed by atoms with Crippen LogP contribution in [0.25, 0.3) is 50.6 Å². The molecule has 7 aromatic rings. The predicted molar refractivity (Wildman–Crippen MR) is 221 cm³/mol. The van der Waals surface area contributed by atoms with E-state index in [1.54, 1.807) is 0 Å². The summed E-state index contributed by atoms with van der Waals surface area (Å²) >= 11 is 0. The lowest BCUT2D eigenvalue weighted by Crippen LogP contribution is -2.33. The number of fused-ring (bicyclic) bond motifs is 2. The van der Waals surface area contributed by atoms with E-state index in [4.69, 9.17) is 9.97 Å². The molecular weight excluding hydrogens is 647 g/mol. The summed E-state index contributed by atoms with van der Waals surface area (Å²) in [5.74, 6) is 0.700. The highest BCUT2D eigenvalue weighted by molar-refractivity contribution is 5.90. The highest BCUT2D eigenvalue weighted by atomic mass is 15.3. The largest absolute Gasteiger partial charge is 0.323 e. The number of nitrogens with zero attached hydrogens (tertiary/aromatic N) is 5. The average molecular weight is 684 g/mol. The van der Waals surface area contributed by atoms with Crippen molar-refractivity contribution in [3.63, 3.8) is 0 Å². The second-order valence-corrected chi connectivity index (χ2v) is 13.3. The average Bonchev–Trinajstić information content (AvgIpc) is 3.39. The van der Waals surface area contributed by atoms with Crippen molar-refractivity contribution in [1.82, 2.24) is 9.97 Å². The van der Waals surface area contributed by atoms with E-state index in [1.807, 2.05) is 48.5 Å². The Balaban J connectivity index is 1.09. The van der Waals surface area contributed by atoms with Crippen LogP contribution in [0.5, 0.6) is 0 Å². The van der Waals surface area contributed by atoms with Crippen LogP contribution in [0.3, 0.4) is 0 Å². The summed E-state index contributed by atoms with van der Waals surface area (Å²) < 4.78 is 0. The van der Waals surface area contributed by atoms with Gasteiger partial charge in [0.15, 0.2) is 5.82 Å². The molecule has 5 nitrogen and oxygen atoms in total. The molecule has 53 heavy (non-hydrogen) atoms. The normalized spacial score (nSPS) is 13.7. The summed E-state index contributed by atoms with van der Waals surface area (Å²) in [5, 5.41) is 0. The minimum absolute atomic E-state index is 0.625. The molecule has 254 valence electrons. The van der Waals surface area contributed by atoms with Gasteiger partial charge >= 0.3 is 0 Å². The summed E-state index contributed by atoms with van der Waals surface area (Å²) in [6.45, 7) is 4.52. The van der Waals surface area contributed by atoms with Crippen molar-refractivity contribution >= 4 is 35.0 Å². The van der Waals surface area contributed by atoms with Crippen LogP contribution < -0.4 is 9.80 Å². The van der Waals surface area contributed by atoms with Crippen molar-refractivity contribution < 1.29 is 0 Å². The lowest BCUT2D eigenvalue weighted by atomic mass is 9.93. The number of aromatic nitrogens is 2. The van der Waals surface area contributed by atoms with E-state index >= 15 is 0 Å². The smallest absolute Gasteiger partial charge is 0.160 e. The van der Waals surface area contributed by atoms with E-state index in [0.717, 1.165) is 69.1 Å². The molecule has 2 aliphatic rings. The zero-order valence-corrected chi connectivity index (χ0v) is 29.3. The van der Waals surface area contributed by atoms with Crippen LogP contribution in [-0.2, 0) is 0 Å². The van der Waals surface area contributed by atoms with Crippen LogP contribution in [0, 0.1) is 0 Å². The predicted octanol–water partition coefficient (Wildman–Crippen LogP) is 12.2. The number of anilines is 3. The monoisotopic (exact) mass is 683 g/mol. The minimum atomic E-state index is 0.625. The van der Waals surface area contributed by atoms with E-state index in [0.29, 0.717) is 12.5 Å². The van der Waals surface area contributed by atoms with Gasteiger partial charge < -0.3 is 9.80 Å².